The van der Waals surface area contributed by atoms with Crippen LogP contribution in [0.5, 0.6) is 0 Å². The summed E-state index contributed by atoms with van der Waals surface area (Å²) in [5, 5.41) is 6.34. The number of carbonyl (C=O) groups is 1. The molecule has 0 radical (unpaired) electrons. The maximum atomic E-state index is 12.1. The van der Waals surface area contributed by atoms with Crippen LogP contribution in [0.2, 0.25) is 5.02 Å². The summed E-state index contributed by atoms with van der Waals surface area (Å²) in [4.78, 5) is 12.2. The maximum absolute atomic E-state index is 12.1. The molecule has 1 amide bonds. The minimum absolute atomic E-state index is 0.0487. The van der Waals surface area contributed by atoms with E-state index < -0.39 is 10.0 Å². The Hall–Kier alpha value is -2.09. The number of rotatable bonds is 6. The molecule has 134 valence electrons. The number of benzene rings is 2. The molecule has 0 fully saturated rings. The Morgan fingerprint density at radius 1 is 1.16 bits per heavy atom. The van der Waals surface area contributed by atoms with Crippen LogP contribution in [0.1, 0.15) is 5.56 Å². The largest absolute Gasteiger partial charge is 0.376 e. The van der Waals surface area contributed by atoms with Gasteiger partial charge >= 0.3 is 0 Å². The summed E-state index contributed by atoms with van der Waals surface area (Å²) in [5.41, 5.74) is 2.16. The molecule has 25 heavy (non-hydrogen) atoms. The molecule has 6 nitrogen and oxygen atoms in total. The van der Waals surface area contributed by atoms with Crippen molar-refractivity contribution >= 4 is 38.9 Å². The number of nitrogens with zero attached hydrogens (tertiary/aromatic N) is 1. The van der Waals surface area contributed by atoms with Crippen LogP contribution in [0.3, 0.4) is 0 Å². The van der Waals surface area contributed by atoms with Gasteiger partial charge in [-0.15, -0.1) is 0 Å². The lowest BCUT2D eigenvalue weighted by Gasteiger charge is -2.13. The Morgan fingerprint density at radius 3 is 2.52 bits per heavy atom. The van der Waals surface area contributed by atoms with Gasteiger partial charge in [-0.25, -0.2) is 12.7 Å². The third-order valence-corrected chi connectivity index (χ3v) is 5.57. The van der Waals surface area contributed by atoms with Crippen molar-refractivity contribution in [3.8, 4) is 0 Å². The van der Waals surface area contributed by atoms with E-state index in [0.717, 1.165) is 15.6 Å². The molecular weight excluding hydrogens is 362 g/mol. The highest BCUT2D eigenvalue weighted by Gasteiger charge is 2.17. The first-order valence-corrected chi connectivity index (χ1v) is 9.34. The second-order valence-corrected chi connectivity index (χ2v) is 8.26. The van der Waals surface area contributed by atoms with E-state index in [1.807, 2.05) is 6.92 Å². The summed E-state index contributed by atoms with van der Waals surface area (Å²) in [5.74, 6) is -0.284. The number of hydrogen-bond donors (Lipinski definition) is 2. The minimum Gasteiger partial charge on any atom is -0.376 e. The van der Waals surface area contributed by atoms with Crippen molar-refractivity contribution in [3.63, 3.8) is 0 Å². The summed E-state index contributed by atoms with van der Waals surface area (Å²) in [6.07, 6.45) is 0. The van der Waals surface area contributed by atoms with Gasteiger partial charge in [0.1, 0.15) is 0 Å². The number of carbonyl (C=O) groups excluding carboxylic acids is 1. The van der Waals surface area contributed by atoms with Crippen molar-refractivity contribution in [2.45, 2.75) is 11.8 Å². The lowest BCUT2D eigenvalue weighted by molar-refractivity contribution is -0.114. The number of sulfonamides is 1. The van der Waals surface area contributed by atoms with Crippen molar-refractivity contribution < 1.29 is 13.2 Å². The molecule has 2 aromatic rings. The zero-order valence-corrected chi connectivity index (χ0v) is 15.8. The van der Waals surface area contributed by atoms with E-state index in [0.29, 0.717) is 10.7 Å². The molecule has 0 aliphatic carbocycles. The summed E-state index contributed by atoms with van der Waals surface area (Å²) >= 11 is 5.90. The van der Waals surface area contributed by atoms with Crippen LogP contribution in [0.25, 0.3) is 0 Å². The zero-order valence-electron chi connectivity index (χ0n) is 14.2. The summed E-state index contributed by atoms with van der Waals surface area (Å²) in [6.45, 7) is 1.94. The molecule has 2 N–H and O–H groups in total. The van der Waals surface area contributed by atoms with Gasteiger partial charge in [0.15, 0.2) is 0 Å². The van der Waals surface area contributed by atoms with E-state index in [1.165, 1.54) is 26.2 Å². The maximum Gasteiger partial charge on any atom is 0.243 e. The Bertz CT molecular complexity index is 882. The van der Waals surface area contributed by atoms with Crippen LogP contribution in [0.4, 0.5) is 11.4 Å². The predicted octanol–water partition coefficient (Wildman–Crippen LogP) is 2.95. The van der Waals surface area contributed by atoms with Gasteiger partial charge in [0, 0.05) is 30.5 Å². The molecule has 0 heterocycles. The quantitative estimate of drug-likeness (QED) is 0.806. The average molecular weight is 382 g/mol. The highest BCUT2D eigenvalue weighted by Crippen LogP contribution is 2.20. The first-order chi connectivity index (χ1) is 11.7. The minimum atomic E-state index is -3.55. The van der Waals surface area contributed by atoms with Gasteiger partial charge in [-0.3, -0.25) is 4.79 Å². The number of amides is 1. The van der Waals surface area contributed by atoms with Crippen LogP contribution in [0.15, 0.2) is 47.4 Å². The first kappa shape index (κ1) is 19.2. The van der Waals surface area contributed by atoms with Crippen molar-refractivity contribution in [3.05, 3.63) is 53.1 Å². The van der Waals surface area contributed by atoms with Gasteiger partial charge in [-0.2, -0.15) is 0 Å². The second-order valence-electron chi connectivity index (χ2n) is 5.68. The lowest BCUT2D eigenvalue weighted by Crippen LogP contribution is -2.24. The Balaban J connectivity index is 2.03. The fraction of sp³-hybridized carbons (Fsp3) is 0.235. The van der Waals surface area contributed by atoms with Gasteiger partial charge in [-0.05, 0) is 48.9 Å². The van der Waals surface area contributed by atoms with E-state index in [1.54, 1.807) is 30.3 Å². The van der Waals surface area contributed by atoms with E-state index in [2.05, 4.69) is 10.6 Å². The summed E-state index contributed by atoms with van der Waals surface area (Å²) in [6, 6.07) is 11.5. The predicted molar refractivity (Wildman–Crippen MR) is 101 cm³/mol. The van der Waals surface area contributed by atoms with Gasteiger partial charge in [0.25, 0.3) is 0 Å². The first-order valence-electron chi connectivity index (χ1n) is 7.52. The number of hydrogen-bond acceptors (Lipinski definition) is 4. The molecule has 0 aromatic heterocycles. The molecule has 0 unspecified atom stereocenters. The summed E-state index contributed by atoms with van der Waals surface area (Å²) < 4.78 is 25.4. The average Bonchev–Trinajstić information content (AvgIpc) is 2.54. The molecule has 0 atom stereocenters. The zero-order chi connectivity index (χ0) is 18.6. The normalized spacial score (nSPS) is 11.4. The van der Waals surface area contributed by atoms with E-state index in [9.17, 15) is 13.2 Å². The molecule has 0 bridgehead atoms. The topological polar surface area (TPSA) is 78.5 Å². The Kier molecular flexibility index (Phi) is 6.05. The van der Waals surface area contributed by atoms with Gasteiger partial charge in [0.05, 0.1) is 11.4 Å². The van der Waals surface area contributed by atoms with Crippen LogP contribution in [0, 0.1) is 6.92 Å². The molecule has 8 heteroatoms. The Labute approximate surface area is 152 Å². The molecular formula is C17H20ClN3O3S. The second kappa shape index (κ2) is 7.86. The number of halogens is 1. The number of nitrogens with one attached hydrogen (secondary N) is 2. The van der Waals surface area contributed by atoms with Crippen LogP contribution in [-0.4, -0.2) is 39.3 Å². The fourth-order valence-electron chi connectivity index (χ4n) is 2.15. The molecule has 0 saturated carbocycles. The van der Waals surface area contributed by atoms with Crippen molar-refractivity contribution in [2.75, 3.05) is 31.3 Å². The van der Waals surface area contributed by atoms with Gasteiger partial charge < -0.3 is 10.6 Å². The molecule has 0 aliphatic heterocycles. The lowest BCUT2D eigenvalue weighted by atomic mass is 10.2. The molecule has 2 rings (SSSR count). The third-order valence-electron chi connectivity index (χ3n) is 3.52. The summed E-state index contributed by atoms with van der Waals surface area (Å²) in [7, 11) is -0.632. The van der Waals surface area contributed by atoms with Crippen LogP contribution in [-0.2, 0) is 14.8 Å². The SMILES string of the molecule is Cc1cc(Cl)ccc1NCC(=O)Nc1cccc(S(=O)(=O)N(C)C)c1. The van der Waals surface area contributed by atoms with Crippen molar-refractivity contribution in [1.29, 1.82) is 0 Å². The van der Waals surface area contributed by atoms with E-state index >= 15 is 0 Å². The van der Waals surface area contributed by atoms with Gasteiger partial charge in [0.2, 0.25) is 15.9 Å². The number of aryl methyl sites for hydroxylation is 1. The number of anilines is 2. The van der Waals surface area contributed by atoms with E-state index in [-0.39, 0.29) is 17.3 Å². The smallest absolute Gasteiger partial charge is 0.243 e. The van der Waals surface area contributed by atoms with Crippen molar-refractivity contribution in [1.82, 2.24) is 4.31 Å². The molecule has 0 spiro atoms. The van der Waals surface area contributed by atoms with Crippen molar-refractivity contribution in [2.24, 2.45) is 0 Å². The fourth-order valence-corrected chi connectivity index (χ4v) is 3.33. The molecule has 0 saturated heterocycles. The van der Waals surface area contributed by atoms with Crippen LogP contribution < -0.4 is 10.6 Å². The monoisotopic (exact) mass is 381 g/mol. The Morgan fingerprint density at radius 2 is 1.88 bits per heavy atom. The standard InChI is InChI=1S/C17H20ClN3O3S/c1-12-9-13(18)7-8-16(12)19-11-17(22)20-14-5-4-6-15(10-14)25(23,24)21(2)3/h4-10,19H,11H2,1-3H3,(H,20,22). The highest BCUT2D eigenvalue weighted by molar-refractivity contribution is 7.89. The van der Waals surface area contributed by atoms with E-state index in [4.69, 9.17) is 11.6 Å². The van der Waals surface area contributed by atoms with Gasteiger partial charge in [-0.1, -0.05) is 17.7 Å². The van der Waals surface area contributed by atoms with Crippen LogP contribution >= 0.6 is 11.6 Å². The highest BCUT2D eigenvalue weighted by atomic mass is 35.5. The molecule has 0 aliphatic rings. The third kappa shape index (κ3) is 4.94. The molecule has 2 aromatic carbocycles.